The average Bonchev–Trinajstić information content (AvgIpc) is 3.45. The molecule has 1 atom stereocenters. The molecule has 32 heavy (non-hydrogen) atoms. The molecule has 0 spiro atoms. The van der Waals surface area contributed by atoms with Crippen LogP contribution in [0.1, 0.15) is 18.4 Å². The zero-order valence-electron chi connectivity index (χ0n) is 17.2. The monoisotopic (exact) mass is 455 g/mol. The van der Waals surface area contributed by atoms with Gasteiger partial charge in [0, 0.05) is 35.9 Å². The molecule has 0 aliphatic carbocycles. The zero-order valence-corrected chi connectivity index (χ0v) is 18.0. The number of pyridine rings is 1. The lowest BCUT2D eigenvalue weighted by atomic mass is 10.1. The van der Waals surface area contributed by atoms with Crippen LogP contribution in [0, 0.1) is 5.82 Å². The van der Waals surface area contributed by atoms with E-state index in [1.807, 2.05) is 17.0 Å². The highest BCUT2D eigenvalue weighted by Gasteiger charge is 2.23. The number of aromatic nitrogens is 1. The topological polar surface area (TPSA) is 75.8 Å². The van der Waals surface area contributed by atoms with E-state index in [4.69, 9.17) is 26.4 Å². The van der Waals surface area contributed by atoms with Crippen molar-refractivity contribution in [3.8, 4) is 11.5 Å². The van der Waals surface area contributed by atoms with E-state index in [1.165, 1.54) is 12.1 Å². The standard InChI is InChI=1S/C23H22FN3O4S/c24-16-3-5-17(6-4-16)25-23(32)27(12-18-2-1-7-29-18)11-15-8-14-9-20-21(31-13-30-20)10-19(14)26-22(15)28/h3-6,8-10,18H,1-2,7,11-13H2,(H,25,32)(H,26,28)/t18-/m1/s1. The minimum atomic E-state index is -0.318. The largest absolute Gasteiger partial charge is 0.454 e. The number of hydrogen-bond donors (Lipinski definition) is 2. The Morgan fingerprint density at radius 1 is 1.19 bits per heavy atom. The van der Waals surface area contributed by atoms with Crippen molar-refractivity contribution in [1.82, 2.24) is 9.88 Å². The van der Waals surface area contributed by atoms with Gasteiger partial charge in [0.25, 0.3) is 5.56 Å². The van der Waals surface area contributed by atoms with Crippen molar-refractivity contribution >= 4 is 33.9 Å². The fourth-order valence-corrected chi connectivity index (χ4v) is 4.21. The number of ether oxygens (including phenoxy) is 3. The van der Waals surface area contributed by atoms with Gasteiger partial charge in [-0.2, -0.15) is 0 Å². The van der Waals surface area contributed by atoms with Crippen molar-refractivity contribution in [2.75, 3.05) is 25.3 Å². The van der Waals surface area contributed by atoms with Gasteiger partial charge >= 0.3 is 0 Å². The van der Waals surface area contributed by atoms with Gasteiger partial charge in [0.15, 0.2) is 16.6 Å². The smallest absolute Gasteiger partial charge is 0.253 e. The Morgan fingerprint density at radius 3 is 2.72 bits per heavy atom. The van der Waals surface area contributed by atoms with E-state index in [9.17, 15) is 9.18 Å². The van der Waals surface area contributed by atoms with Gasteiger partial charge in [0.1, 0.15) is 5.82 Å². The van der Waals surface area contributed by atoms with Crippen LogP contribution >= 0.6 is 12.2 Å². The van der Waals surface area contributed by atoms with E-state index >= 15 is 0 Å². The maximum absolute atomic E-state index is 13.3. The Labute approximate surface area is 189 Å². The predicted octanol–water partition coefficient (Wildman–Crippen LogP) is 3.77. The van der Waals surface area contributed by atoms with Crippen LogP contribution in [0.3, 0.4) is 0 Å². The molecule has 0 saturated carbocycles. The summed E-state index contributed by atoms with van der Waals surface area (Å²) in [7, 11) is 0. The van der Waals surface area contributed by atoms with E-state index in [0.29, 0.717) is 46.5 Å². The fraction of sp³-hybridized carbons (Fsp3) is 0.304. The van der Waals surface area contributed by atoms with Crippen LogP contribution in [0.25, 0.3) is 10.9 Å². The second-order valence-corrected chi connectivity index (χ2v) is 8.26. The number of hydrogen-bond acceptors (Lipinski definition) is 5. The van der Waals surface area contributed by atoms with E-state index in [1.54, 1.807) is 18.2 Å². The lowest BCUT2D eigenvalue weighted by molar-refractivity contribution is 0.0904. The molecular formula is C23H22FN3O4S. The molecular weight excluding hydrogens is 433 g/mol. The molecule has 0 radical (unpaired) electrons. The first-order valence-corrected chi connectivity index (χ1v) is 10.8. The summed E-state index contributed by atoms with van der Waals surface area (Å²) < 4.78 is 29.9. The van der Waals surface area contributed by atoms with Gasteiger partial charge in [0.2, 0.25) is 6.79 Å². The summed E-state index contributed by atoms with van der Waals surface area (Å²) >= 11 is 5.64. The molecule has 2 N–H and O–H groups in total. The van der Waals surface area contributed by atoms with Gasteiger partial charge < -0.3 is 29.4 Å². The minimum absolute atomic E-state index is 0.0383. The molecule has 1 aromatic heterocycles. The molecule has 3 heterocycles. The highest BCUT2D eigenvalue weighted by molar-refractivity contribution is 7.80. The molecule has 0 unspecified atom stereocenters. The van der Waals surface area contributed by atoms with Crippen LogP contribution in [-0.4, -0.2) is 41.0 Å². The van der Waals surface area contributed by atoms with Gasteiger partial charge in [-0.25, -0.2) is 4.39 Å². The lowest BCUT2D eigenvalue weighted by Crippen LogP contribution is -2.40. The fourth-order valence-electron chi connectivity index (χ4n) is 3.95. The van der Waals surface area contributed by atoms with Crippen LogP contribution < -0.4 is 20.3 Å². The molecule has 0 bridgehead atoms. The van der Waals surface area contributed by atoms with E-state index in [0.717, 1.165) is 24.8 Å². The molecule has 2 aliphatic rings. The van der Waals surface area contributed by atoms with Crippen molar-refractivity contribution in [2.45, 2.75) is 25.5 Å². The van der Waals surface area contributed by atoms with Crippen LogP contribution in [0.4, 0.5) is 10.1 Å². The quantitative estimate of drug-likeness (QED) is 0.567. The lowest BCUT2D eigenvalue weighted by Gasteiger charge is -2.28. The summed E-state index contributed by atoms with van der Waals surface area (Å²) in [5.41, 5.74) is 1.73. The van der Waals surface area contributed by atoms with Crippen LogP contribution in [0.5, 0.6) is 11.5 Å². The number of benzene rings is 2. The molecule has 3 aromatic rings. The van der Waals surface area contributed by atoms with Crippen molar-refractivity contribution < 1.29 is 18.6 Å². The third-order valence-corrected chi connectivity index (χ3v) is 5.97. The highest BCUT2D eigenvalue weighted by Crippen LogP contribution is 2.35. The Kier molecular flexibility index (Phi) is 5.67. The predicted molar refractivity (Wildman–Crippen MR) is 123 cm³/mol. The van der Waals surface area contributed by atoms with Crippen molar-refractivity contribution in [2.24, 2.45) is 0 Å². The summed E-state index contributed by atoms with van der Waals surface area (Å²) in [6.07, 6.45) is 1.98. The van der Waals surface area contributed by atoms with Crippen molar-refractivity contribution in [3.05, 3.63) is 64.2 Å². The molecule has 5 rings (SSSR count). The summed E-state index contributed by atoms with van der Waals surface area (Å²) in [5.74, 6) is 0.951. The highest BCUT2D eigenvalue weighted by atomic mass is 32.1. The Hall–Kier alpha value is -3.17. The second kappa shape index (κ2) is 8.76. The number of rotatable bonds is 5. The Balaban J connectivity index is 1.42. The Bertz CT molecular complexity index is 1210. The van der Waals surface area contributed by atoms with Gasteiger partial charge in [-0.1, -0.05) is 0 Å². The molecule has 9 heteroatoms. The van der Waals surface area contributed by atoms with E-state index in [2.05, 4.69) is 10.3 Å². The third-order valence-electron chi connectivity index (χ3n) is 5.61. The van der Waals surface area contributed by atoms with Crippen LogP contribution in [0.15, 0.2) is 47.3 Å². The SMILES string of the molecule is O=c1[nH]c2cc3c(cc2cc1CN(C[C@H]1CCCO1)C(=S)Nc1ccc(F)cc1)OCO3. The summed E-state index contributed by atoms with van der Waals surface area (Å²) in [6.45, 7) is 1.74. The van der Waals surface area contributed by atoms with Gasteiger partial charge in [0.05, 0.1) is 18.2 Å². The first-order valence-electron chi connectivity index (χ1n) is 10.4. The van der Waals surface area contributed by atoms with Gasteiger partial charge in [-0.15, -0.1) is 0 Å². The van der Waals surface area contributed by atoms with Crippen LogP contribution in [0.2, 0.25) is 0 Å². The molecule has 1 fully saturated rings. The van der Waals surface area contributed by atoms with Crippen molar-refractivity contribution in [1.29, 1.82) is 0 Å². The maximum Gasteiger partial charge on any atom is 0.253 e. The van der Waals surface area contributed by atoms with Gasteiger partial charge in [-0.05, 0) is 61.5 Å². The second-order valence-electron chi connectivity index (χ2n) is 7.87. The number of halogens is 1. The number of anilines is 1. The van der Waals surface area contributed by atoms with Crippen molar-refractivity contribution in [3.63, 3.8) is 0 Å². The molecule has 166 valence electrons. The summed E-state index contributed by atoms with van der Waals surface area (Å²) in [5, 5.41) is 4.43. The molecule has 1 saturated heterocycles. The number of nitrogens with zero attached hydrogens (tertiary/aromatic N) is 1. The summed E-state index contributed by atoms with van der Waals surface area (Å²) in [6, 6.07) is 11.5. The first-order chi connectivity index (χ1) is 15.5. The molecule has 2 aliphatic heterocycles. The normalized spacial score (nSPS) is 17.0. The third kappa shape index (κ3) is 4.39. The number of thiocarbonyl (C=S) groups is 1. The molecule has 0 amide bonds. The number of aromatic amines is 1. The molecule has 2 aromatic carbocycles. The number of fused-ring (bicyclic) bond motifs is 2. The maximum atomic E-state index is 13.3. The van der Waals surface area contributed by atoms with E-state index in [-0.39, 0.29) is 24.3 Å². The molecule has 7 nitrogen and oxygen atoms in total. The Morgan fingerprint density at radius 2 is 1.97 bits per heavy atom. The number of nitrogens with one attached hydrogen (secondary N) is 2. The first kappa shape index (κ1) is 20.7. The van der Waals surface area contributed by atoms with E-state index < -0.39 is 0 Å². The average molecular weight is 456 g/mol. The van der Waals surface area contributed by atoms with Gasteiger partial charge in [-0.3, -0.25) is 4.79 Å². The van der Waals surface area contributed by atoms with Crippen LogP contribution in [-0.2, 0) is 11.3 Å². The minimum Gasteiger partial charge on any atom is -0.454 e. The zero-order chi connectivity index (χ0) is 22.1. The number of H-pyrrole nitrogens is 1. The summed E-state index contributed by atoms with van der Waals surface area (Å²) in [4.78, 5) is 17.7.